The summed E-state index contributed by atoms with van der Waals surface area (Å²) < 4.78 is 0. The number of aromatic nitrogens is 1. The molecule has 2 aliphatic rings. The molecule has 1 unspecified atom stereocenters. The Hall–Kier alpha value is -0.987. The van der Waals surface area contributed by atoms with E-state index in [-0.39, 0.29) is 51.0 Å². The summed E-state index contributed by atoms with van der Waals surface area (Å²) in [7, 11) is 0. The van der Waals surface area contributed by atoms with Crippen molar-refractivity contribution in [2.24, 2.45) is 5.92 Å². The van der Waals surface area contributed by atoms with Gasteiger partial charge in [-0.25, -0.2) is 0 Å². The van der Waals surface area contributed by atoms with Crippen LogP contribution >= 0.6 is 11.8 Å². The fraction of sp³-hybridized carbons (Fsp3) is 0.0909. The monoisotopic (exact) mass is 488 g/mol. The summed E-state index contributed by atoms with van der Waals surface area (Å²) in [5.74, 6) is 0.634. The predicted octanol–water partition coefficient (Wildman–Crippen LogP) is 0.333. The Kier molecular flexibility index (Phi) is 9.91. The minimum Gasteiger partial charge on any atom is -1.00 e. The summed E-state index contributed by atoms with van der Waals surface area (Å²) in [5.41, 5.74) is 2.23. The van der Waals surface area contributed by atoms with E-state index in [0.29, 0.717) is 5.92 Å². The topological polar surface area (TPSA) is 12.9 Å². The molecule has 0 fully saturated rings. The Morgan fingerprint density at radius 2 is 1.81 bits per heavy atom. The molecule has 0 spiro atoms. The smallest absolute Gasteiger partial charge is 1.00 e. The Balaban J connectivity index is 0.000000266. The van der Waals surface area contributed by atoms with E-state index >= 15 is 0 Å². The maximum Gasteiger partial charge on any atom is 3.00 e. The Morgan fingerprint density at radius 1 is 1.04 bits per heavy atom. The van der Waals surface area contributed by atoms with Crippen LogP contribution in [0.5, 0.6) is 0 Å². The number of fused-ring (bicyclic) bond motifs is 2. The number of allylic oxidation sites excluding steroid dienone is 6. The molecule has 0 saturated heterocycles. The molecule has 0 N–H and O–H groups in total. The number of benzene rings is 1. The minimum atomic E-state index is 0. The fourth-order valence-electron chi connectivity index (χ4n) is 3.02. The Morgan fingerprint density at radius 3 is 2.52 bits per heavy atom. The summed E-state index contributed by atoms with van der Waals surface area (Å²) in [5, 5.41) is 2.55. The van der Waals surface area contributed by atoms with Crippen molar-refractivity contribution in [2.75, 3.05) is 0 Å². The van der Waals surface area contributed by atoms with Crippen molar-refractivity contribution in [2.45, 2.75) is 6.92 Å². The molecule has 3 aromatic rings. The average Bonchev–Trinajstić information content (AvgIpc) is 3.30. The minimum absolute atomic E-state index is 0. The normalized spacial score (nSPS) is 16.0. The van der Waals surface area contributed by atoms with Crippen molar-refractivity contribution in [1.82, 2.24) is 4.98 Å². The maximum absolute atomic E-state index is 4.34. The van der Waals surface area contributed by atoms with Crippen molar-refractivity contribution in [1.29, 1.82) is 0 Å². The molecule has 5 rings (SSSR count). The van der Waals surface area contributed by atoms with Crippen LogP contribution in [0.1, 0.15) is 6.92 Å². The third-order valence-corrected chi connectivity index (χ3v) is 5.28. The maximum atomic E-state index is 4.34. The van der Waals surface area contributed by atoms with Crippen molar-refractivity contribution in [3.63, 3.8) is 0 Å². The van der Waals surface area contributed by atoms with Crippen molar-refractivity contribution in [3.8, 4) is 11.3 Å². The molecule has 135 valence electrons. The molecule has 27 heavy (non-hydrogen) atoms. The fourth-order valence-corrected chi connectivity index (χ4v) is 4.04. The number of rotatable bonds is 1. The van der Waals surface area contributed by atoms with E-state index in [1.807, 2.05) is 36.2 Å². The second-order valence-electron chi connectivity index (χ2n) is 5.95. The molecule has 2 heterocycles. The largest absolute Gasteiger partial charge is 3.00 e. The van der Waals surface area contributed by atoms with Crippen LogP contribution in [-0.2, 0) is 26.2 Å². The van der Waals surface area contributed by atoms with Gasteiger partial charge in [0.05, 0.1) is 0 Å². The number of thioether (sulfide) groups is 1. The zero-order valence-electron chi connectivity index (χ0n) is 14.8. The first-order chi connectivity index (χ1) is 11.8. The molecule has 1 aromatic heterocycles. The Bertz CT molecular complexity index is 928. The number of hydrogen-bond acceptors (Lipinski definition) is 2. The molecule has 1 radical (unpaired) electrons. The summed E-state index contributed by atoms with van der Waals surface area (Å²) in [6, 6.07) is 18.7. The first-order valence-corrected chi connectivity index (χ1v) is 8.93. The first-order valence-electron chi connectivity index (χ1n) is 8.11. The van der Waals surface area contributed by atoms with Crippen molar-refractivity contribution in [3.05, 3.63) is 94.9 Å². The number of halogens is 2. The quantitative estimate of drug-likeness (QED) is 0.457. The zero-order valence-corrected chi connectivity index (χ0v) is 19.6. The number of hydrogen-bond donors (Lipinski definition) is 0. The van der Waals surface area contributed by atoms with E-state index in [0.717, 1.165) is 5.69 Å². The second-order valence-corrected chi connectivity index (χ2v) is 7.27. The molecule has 0 saturated carbocycles. The van der Waals surface area contributed by atoms with Crippen LogP contribution in [0.25, 0.3) is 22.0 Å². The summed E-state index contributed by atoms with van der Waals surface area (Å²) >= 11 is 1.90. The predicted molar refractivity (Wildman–Crippen MR) is 105 cm³/mol. The molecular formula is C22H18Cl2NSZr. The van der Waals surface area contributed by atoms with E-state index in [2.05, 4.69) is 72.6 Å². The molecule has 5 heteroatoms. The van der Waals surface area contributed by atoms with Gasteiger partial charge in [-0.3, -0.25) is 4.98 Å². The van der Waals surface area contributed by atoms with Gasteiger partial charge in [0.2, 0.25) is 0 Å². The Labute approximate surface area is 196 Å². The summed E-state index contributed by atoms with van der Waals surface area (Å²) in [6.45, 7) is 2.16. The van der Waals surface area contributed by atoms with Crippen LogP contribution in [0.2, 0.25) is 0 Å². The number of pyridine rings is 1. The van der Waals surface area contributed by atoms with E-state index in [1.165, 1.54) is 26.1 Å². The standard InChI is InChI=1S/C14H10N.C8H8S.2ClH.Zr/c1-2-6-12-10-13(9-11(12)5-1)14-7-3-4-8-15-14;1-6-5-7-3-2-4-8(7)9-6;;;/h1-10H;2-5,7H,1H3;2*1H;/q-1;;;;+3/p-2. The molecule has 0 amide bonds. The van der Waals surface area contributed by atoms with Crippen LogP contribution < -0.4 is 24.8 Å². The van der Waals surface area contributed by atoms with Gasteiger partial charge in [0, 0.05) is 22.7 Å². The van der Waals surface area contributed by atoms with Gasteiger partial charge in [0.15, 0.2) is 0 Å². The van der Waals surface area contributed by atoms with E-state index in [1.54, 1.807) is 0 Å². The van der Waals surface area contributed by atoms with Gasteiger partial charge in [-0.2, -0.15) is 0 Å². The molecule has 1 nitrogen and oxygen atoms in total. The third-order valence-electron chi connectivity index (χ3n) is 4.18. The molecule has 2 aromatic carbocycles. The first kappa shape index (κ1) is 24.1. The van der Waals surface area contributed by atoms with E-state index < -0.39 is 0 Å². The van der Waals surface area contributed by atoms with Gasteiger partial charge < -0.3 is 24.8 Å². The van der Waals surface area contributed by atoms with Gasteiger partial charge in [-0.15, -0.1) is 34.5 Å². The SMILES string of the molecule is CC1=CC2C=CC=C2S1.[Cl-].[Cl-].[Zr+3].c1ccc(-c2cc3ccccc3[cH-]2)nc1. The third kappa shape index (κ3) is 5.75. The van der Waals surface area contributed by atoms with Crippen LogP contribution in [0, 0.1) is 5.92 Å². The van der Waals surface area contributed by atoms with Gasteiger partial charge in [-0.1, -0.05) is 66.4 Å². The summed E-state index contributed by atoms with van der Waals surface area (Å²) in [4.78, 5) is 7.28. The molecular weight excluding hydrogens is 472 g/mol. The van der Waals surface area contributed by atoms with Crippen molar-refractivity contribution >= 4 is 22.5 Å². The van der Waals surface area contributed by atoms with E-state index in [4.69, 9.17) is 0 Å². The summed E-state index contributed by atoms with van der Waals surface area (Å²) in [6.07, 6.45) is 10.7. The molecule has 1 aliphatic carbocycles. The van der Waals surface area contributed by atoms with Crippen LogP contribution in [0.4, 0.5) is 0 Å². The van der Waals surface area contributed by atoms with Gasteiger partial charge in [-0.05, 0) is 17.9 Å². The van der Waals surface area contributed by atoms with Gasteiger partial charge in [0.25, 0.3) is 0 Å². The number of nitrogens with zero attached hydrogens (tertiary/aromatic N) is 1. The van der Waals surface area contributed by atoms with Crippen LogP contribution in [-0.4, -0.2) is 4.98 Å². The zero-order chi connectivity index (χ0) is 16.4. The van der Waals surface area contributed by atoms with Crippen LogP contribution in [0.3, 0.4) is 0 Å². The van der Waals surface area contributed by atoms with E-state index in [9.17, 15) is 0 Å². The molecule has 1 aliphatic heterocycles. The van der Waals surface area contributed by atoms with Gasteiger partial charge >= 0.3 is 26.2 Å². The molecule has 1 atom stereocenters. The average molecular weight is 491 g/mol. The van der Waals surface area contributed by atoms with Crippen molar-refractivity contribution < 1.29 is 51.0 Å². The second kappa shape index (κ2) is 11.1. The van der Waals surface area contributed by atoms with Crippen LogP contribution in [0.15, 0.2) is 94.9 Å². The molecule has 0 bridgehead atoms. The van der Waals surface area contributed by atoms with Gasteiger partial charge in [0.1, 0.15) is 0 Å².